The third-order valence-corrected chi connectivity index (χ3v) is 4.40. The Hall–Kier alpha value is -2.54. The molecule has 0 aliphatic carbocycles. The summed E-state index contributed by atoms with van der Waals surface area (Å²) in [5, 5.41) is 12.2. The molecule has 0 aromatic carbocycles. The largest absolute Gasteiger partial charge is 0.454 e. The first kappa shape index (κ1) is 18.3. The van der Waals surface area contributed by atoms with Crippen molar-refractivity contribution < 1.29 is 9.21 Å². The van der Waals surface area contributed by atoms with E-state index in [2.05, 4.69) is 15.5 Å². The maximum Gasteiger partial charge on any atom is 0.286 e. The standard InChI is InChI=1S/C18H22ClN5O2/c1-12-9-13(2)24(21-12)10-15-5-6-17(26-15)18(25)20-7-4-8-23-11-16(19)14(3)22-23/h5-6,9,11H,4,7-8,10H2,1-3H3,(H,20,25). The van der Waals surface area contributed by atoms with Gasteiger partial charge in [0, 0.05) is 25.0 Å². The Morgan fingerprint density at radius 3 is 2.73 bits per heavy atom. The summed E-state index contributed by atoms with van der Waals surface area (Å²) in [7, 11) is 0. The minimum atomic E-state index is -0.223. The zero-order chi connectivity index (χ0) is 18.7. The Balaban J connectivity index is 1.47. The smallest absolute Gasteiger partial charge is 0.286 e. The molecule has 0 aliphatic heterocycles. The van der Waals surface area contributed by atoms with Crippen molar-refractivity contribution >= 4 is 17.5 Å². The topological polar surface area (TPSA) is 77.9 Å². The van der Waals surface area contributed by atoms with E-state index >= 15 is 0 Å². The van der Waals surface area contributed by atoms with Crippen LogP contribution in [0.2, 0.25) is 5.02 Å². The molecule has 0 saturated heterocycles. The number of aryl methyl sites for hydroxylation is 4. The first-order valence-corrected chi connectivity index (χ1v) is 8.87. The molecule has 0 spiro atoms. The van der Waals surface area contributed by atoms with Gasteiger partial charge in [-0.05, 0) is 45.4 Å². The summed E-state index contributed by atoms with van der Waals surface area (Å²) < 4.78 is 9.28. The molecule has 0 radical (unpaired) electrons. The SMILES string of the molecule is Cc1cc(C)n(Cc2ccc(C(=O)NCCCn3cc(Cl)c(C)n3)o2)n1. The summed E-state index contributed by atoms with van der Waals surface area (Å²) >= 11 is 5.97. The lowest BCUT2D eigenvalue weighted by molar-refractivity contribution is 0.0923. The Kier molecular flexibility index (Phi) is 5.46. The Morgan fingerprint density at radius 2 is 2.08 bits per heavy atom. The molecule has 0 saturated carbocycles. The van der Waals surface area contributed by atoms with Crippen LogP contribution >= 0.6 is 11.6 Å². The van der Waals surface area contributed by atoms with Crippen LogP contribution in [0.5, 0.6) is 0 Å². The van der Waals surface area contributed by atoms with Crippen LogP contribution in [0, 0.1) is 20.8 Å². The van der Waals surface area contributed by atoms with Crippen molar-refractivity contribution in [1.29, 1.82) is 0 Å². The fourth-order valence-corrected chi connectivity index (χ4v) is 2.86. The van der Waals surface area contributed by atoms with Gasteiger partial charge in [0.15, 0.2) is 5.76 Å². The quantitative estimate of drug-likeness (QED) is 0.643. The van der Waals surface area contributed by atoms with Crippen LogP contribution in [0.15, 0.2) is 28.8 Å². The number of furan rings is 1. The van der Waals surface area contributed by atoms with Crippen LogP contribution in [0.3, 0.4) is 0 Å². The highest BCUT2D eigenvalue weighted by Crippen LogP contribution is 2.13. The molecular formula is C18H22ClN5O2. The first-order chi connectivity index (χ1) is 12.4. The molecule has 8 heteroatoms. The molecule has 1 amide bonds. The van der Waals surface area contributed by atoms with Gasteiger partial charge in [-0.3, -0.25) is 14.2 Å². The van der Waals surface area contributed by atoms with E-state index in [1.54, 1.807) is 23.0 Å². The lowest BCUT2D eigenvalue weighted by Gasteiger charge is -2.04. The lowest BCUT2D eigenvalue weighted by Crippen LogP contribution is -2.24. The monoisotopic (exact) mass is 375 g/mol. The van der Waals surface area contributed by atoms with Gasteiger partial charge in [-0.25, -0.2) is 0 Å². The molecule has 138 valence electrons. The van der Waals surface area contributed by atoms with E-state index in [1.807, 2.05) is 31.5 Å². The number of carbonyl (C=O) groups is 1. The molecule has 3 rings (SSSR count). The number of carbonyl (C=O) groups excluding carboxylic acids is 1. The third kappa shape index (κ3) is 4.35. The summed E-state index contributed by atoms with van der Waals surface area (Å²) in [6, 6.07) is 5.50. The van der Waals surface area contributed by atoms with Gasteiger partial charge in [0.25, 0.3) is 5.91 Å². The van der Waals surface area contributed by atoms with E-state index in [9.17, 15) is 4.79 Å². The van der Waals surface area contributed by atoms with Crippen LogP contribution in [-0.4, -0.2) is 32.0 Å². The van der Waals surface area contributed by atoms with E-state index in [-0.39, 0.29) is 5.91 Å². The van der Waals surface area contributed by atoms with Gasteiger partial charge < -0.3 is 9.73 Å². The number of halogens is 1. The van der Waals surface area contributed by atoms with Crippen molar-refractivity contribution in [1.82, 2.24) is 24.9 Å². The number of hydrogen-bond acceptors (Lipinski definition) is 4. The minimum Gasteiger partial charge on any atom is -0.454 e. The van der Waals surface area contributed by atoms with Crippen molar-refractivity contribution in [2.24, 2.45) is 0 Å². The summed E-state index contributed by atoms with van der Waals surface area (Å²) in [5.41, 5.74) is 2.82. The maximum atomic E-state index is 12.2. The summed E-state index contributed by atoms with van der Waals surface area (Å²) in [4.78, 5) is 12.2. The predicted octanol–water partition coefficient (Wildman–Crippen LogP) is 3.12. The van der Waals surface area contributed by atoms with E-state index in [0.29, 0.717) is 36.2 Å². The zero-order valence-electron chi connectivity index (χ0n) is 15.1. The van der Waals surface area contributed by atoms with Crippen LogP contribution in [0.4, 0.5) is 0 Å². The fraction of sp³-hybridized carbons (Fsp3) is 0.389. The highest BCUT2D eigenvalue weighted by Gasteiger charge is 2.12. The van der Waals surface area contributed by atoms with Crippen molar-refractivity contribution in [3.05, 3.63) is 58.0 Å². The van der Waals surface area contributed by atoms with Crippen LogP contribution in [0.25, 0.3) is 0 Å². The first-order valence-electron chi connectivity index (χ1n) is 8.50. The lowest BCUT2D eigenvalue weighted by atomic mass is 10.3. The average molecular weight is 376 g/mol. The molecule has 3 aromatic rings. The third-order valence-electron chi connectivity index (χ3n) is 4.03. The number of rotatable bonds is 7. The van der Waals surface area contributed by atoms with Crippen LogP contribution in [-0.2, 0) is 13.1 Å². The average Bonchev–Trinajstić information content (AvgIpc) is 3.26. The fourth-order valence-electron chi connectivity index (χ4n) is 2.71. The Morgan fingerprint density at radius 1 is 1.27 bits per heavy atom. The van der Waals surface area contributed by atoms with Gasteiger partial charge in [0.2, 0.25) is 0 Å². The normalized spacial score (nSPS) is 11.1. The van der Waals surface area contributed by atoms with Gasteiger partial charge in [-0.2, -0.15) is 10.2 Å². The Labute approximate surface area is 156 Å². The highest BCUT2D eigenvalue weighted by molar-refractivity contribution is 6.31. The van der Waals surface area contributed by atoms with Crippen molar-refractivity contribution in [3.8, 4) is 0 Å². The van der Waals surface area contributed by atoms with Crippen molar-refractivity contribution in [2.45, 2.75) is 40.3 Å². The van der Waals surface area contributed by atoms with E-state index in [4.69, 9.17) is 16.0 Å². The molecule has 3 aromatic heterocycles. The predicted molar refractivity (Wildman–Crippen MR) is 98.4 cm³/mol. The second-order valence-corrected chi connectivity index (χ2v) is 6.69. The van der Waals surface area contributed by atoms with Gasteiger partial charge in [-0.1, -0.05) is 11.6 Å². The second-order valence-electron chi connectivity index (χ2n) is 6.29. The Bertz CT molecular complexity index is 889. The van der Waals surface area contributed by atoms with Crippen molar-refractivity contribution in [3.63, 3.8) is 0 Å². The van der Waals surface area contributed by atoms with Crippen LogP contribution in [0.1, 0.15) is 39.8 Å². The molecule has 0 unspecified atom stereocenters. The highest BCUT2D eigenvalue weighted by atomic mass is 35.5. The number of hydrogen-bond donors (Lipinski definition) is 1. The maximum absolute atomic E-state index is 12.2. The molecule has 0 atom stereocenters. The summed E-state index contributed by atoms with van der Waals surface area (Å²) in [6.07, 6.45) is 2.54. The number of amides is 1. The molecule has 0 bridgehead atoms. The summed E-state index contributed by atoms with van der Waals surface area (Å²) in [6.45, 7) is 7.53. The number of nitrogens with zero attached hydrogens (tertiary/aromatic N) is 4. The van der Waals surface area contributed by atoms with Gasteiger partial charge >= 0.3 is 0 Å². The minimum absolute atomic E-state index is 0.223. The molecule has 3 heterocycles. The molecular weight excluding hydrogens is 354 g/mol. The van der Waals surface area contributed by atoms with E-state index < -0.39 is 0 Å². The molecule has 1 N–H and O–H groups in total. The van der Waals surface area contributed by atoms with Gasteiger partial charge in [0.1, 0.15) is 5.76 Å². The second kappa shape index (κ2) is 7.78. The van der Waals surface area contributed by atoms with E-state index in [0.717, 1.165) is 23.5 Å². The zero-order valence-corrected chi connectivity index (χ0v) is 15.9. The summed E-state index contributed by atoms with van der Waals surface area (Å²) in [5.74, 6) is 0.779. The van der Waals surface area contributed by atoms with Crippen molar-refractivity contribution in [2.75, 3.05) is 6.54 Å². The molecule has 26 heavy (non-hydrogen) atoms. The molecule has 0 aliphatic rings. The van der Waals surface area contributed by atoms with Gasteiger partial charge in [-0.15, -0.1) is 0 Å². The molecule has 7 nitrogen and oxygen atoms in total. The number of aromatic nitrogens is 4. The van der Waals surface area contributed by atoms with Crippen LogP contribution < -0.4 is 5.32 Å². The van der Waals surface area contributed by atoms with Gasteiger partial charge in [0.05, 0.1) is 23.0 Å². The molecule has 0 fully saturated rings. The van der Waals surface area contributed by atoms with E-state index in [1.165, 1.54) is 0 Å². The number of nitrogens with one attached hydrogen (secondary N) is 1.